The fraction of sp³-hybridized carbons (Fsp3) is 0.714. The lowest BCUT2D eigenvalue weighted by Gasteiger charge is -1.94. The van der Waals surface area contributed by atoms with Crippen LogP contribution in [0.3, 0.4) is 0 Å². The molecule has 0 amide bonds. The van der Waals surface area contributed by atoms with E-state index in [0.29, 0.717) is 6.42 Å². The molecule has 0 radical (unpaired) electrons. The van der Waals surface area contributed by atoms with Gasteiger partial charge in [0, 0.05) is 13.2 Å². The molecule has 0 aliphatic rings. The Morgan fingerprint density at radius 3 is 2.44 bits per heavy atom. The molecular formula is C7H14O2. The molecule has 0 aromatic heterocycles. The van der Waals surface area contributed by atoms with Gasteiger partial charge >= 0.3 is 0 Å². The van der Waals surface area contributed by atoms with Gasteiger partial charge in [-0.15, -0.1) is 0 Å². The standard InChI is InChI=1S/C7H14O2/c1-7(4-6-9)3-2-5-8/h3,8-9H,2,4-6H2,1H3/b7-3+. The van der Waals surface area contributed by atoms with E-state index in [2.05, 4.69) is 0 Å². The molecule has 2 N–H and O–H groups in total. The summed E-state index contributed by atoms with van der Waals surface area (Å²) in [7, 11) is 0. The van der Waals surface area contributed by atoms with Crippen LogP contribution in [0.15, 0.2) is 11.6 Å². The number of aliphatic hydroxyl groups excluding tert-OH is 2. The fourth-order valence-electron chi connectivity index (χ4n) is 0.589. The Morgan fingerprint density at radius 2 is 2.00 bits per heavy atom. The summed E-state index contributed by atoms with van der Waals surface area (Å²) < 4.78 is 0. The first-order valence-corrected chi connectivity index (χ1v) is 3.18. The van der Waals surface area contributed by atoms with Crippen molar-refractivity contribution < 1.29 is 10.2 Å². The Kier molecular flexibility index (Phi) is 5.57. The maximum atomic E-state index is 8.43. The van der Waals surface area contributed by atoms with Crippen molar-refractivity contribution in [3.8, 4) is 0 Å². The Morgan fingerprint density at radius 1 is 1.33 bits per heavy atom. The van der Waals surface area contributed by atoms with Gasteiger partial charge in [-0.05, 0) is 19.8 Å². The molecule has 9 heavy (non-hydrogen) atoms. The monoisotopic (exact) mass is 130 g/mol. The van der Waals surface area contributed by atoms with Gasteiger partial charge in [-0.25, -0.2) is 0 Å². The highest BCUT2D eigenvalue weighted by Crippen LogP contribution is 1.98. The lowest BCUT2D eigenvalue weighted by atomic mass is 10.2. The van der Waals surface area contributed by atoms with Crippen LogP contribution in [0.25, 0.3) is 0 Å². The summed E-state index contributed by atoms with van der Waals surface area (Å²) in [6.07, 6.45) is 3.36. The summed E-state index contributed by atoms with van der Waals surface area (Å²) in [6.45, 7) is 2.35. The molecule has 0 unspecified atom stereocenters. The highest BCUT2D eigenvalue weighted by molar-refractivity contribution is 4.97. The van der Waals surface area contributed by atoms with Crippen LogP contribution in [0.4, 0.5) is 0 Å². The zero-order valence-corrected chi connectivity index (χ0v) is 5.80. The van der Waals surface area contributed by atoms with Crippen LogP contribution < -0.4 is 0 Å². The maximum absolute atomic E-state index is 8.43. The van der Waals surface area contributed by atoms with Crippen molar-refractivity contribution >= 4 is 0 Å². The second-order valence-corrected chi connectivity index (χ2v) is 2.04. The molecule has 0 aliphatic carbocycles. The third-order valence-corrected chi connectivity index (χ3v) is 1.13. The molecule has 0 saturated carbocycles. The van der Waals surface area contributed by atoms with E-state index < -0.39 is 0 Å². The number of aliphatic hydroxyl groups is 2. The predicted molar refractivity (Wildman–Crippen MR) is 37.2 cm³/mol. The Hall–Kier alpha value is -0.340. The van der Waals surface area contributed by atoms with Crippen LogP contribution in [0.1, 0.15) is 19.8 Å². The normalized spacial score (nSPS) is 12.1. The SMILES string of the molecule is C/C(=C\CCO)CCO. The van der Waals surface area contributed by atoms with E-state index in [-0.39, 0.29) is 13.2 Å². The molecular weight excluding hydrogens is 116 g/mol. The van der Waals surface area contributed by atoms with Crippen molar-refractivity contribution in [2.75, 3.05) is 13.2 Å². The van der Waals surface area contributed by atoms with E-state index in [4.69, 9.17) is 10.2 Å². The summed E-state index contributed by atoms with van der Waals surface area (Å²) in [6, 6.07) is 0. The van der Waals surface area contributed by atoms with Gasteiger partial charge in [0.05, 0.1) is 0 Å². The van der Waals surface area contributed by atoms with Gasteiger partial charge in [-0.1, -0.05) is 11.6 Å². The molecule has 0 spiro atoms. The van der Waals surface area contributed by atoms with Crippen molar-refractivity contribution in [2.45, 2.75) is 19.8 Å². The predicted octanol–water partition coefficient (Wildman–Crippen LogP) is 0.698. The zero-order chi connectivity index (χ0) is 7.11. The molecule has 0 fully saturated rings. The van der Waals surface area contributed by atoms with Crippen molar-refractivity contribution in [2.24, 2.45) is 0 Å². The fourth-order valence-corrected chi connectivity index (χ4v) is 0.589. The number of hydrogen-bond donors (Lipinski definition) is 2. The molecule has 0 heterocycles. The molecule has 0 rings (SSSR count). The molecule has 0 saturated heterocycles. The van der Waals surface area contributed by atoms with Crippen molar-refractivity contribution in [3.05, 3.63) is 11.6 Å². The smallest absolute Gasteiger partial charge is 0.0468 e. The highest BCUT2D eigenvalue weighted by Gasteiger charge is 1.85. The summed E-state index contributed by atoms with van der Waals surface area (Å²) >= 11 is 0. The second kappa shape index (κ2) is 5.79. The van der Waals surface area contributed by atoms with E-state index in [1.54, 1.807) is 0 Å². The van der Waals surface area contributed by atoms with Gasteiger partial charge in [0.15, 0.2) is 0 Å². The van der Waals surface area contributed by atoms with Crippen LogP contribution in [0, 0.1) is 0 Å². The summed E-state index contributed by atoms with van der Waals surface area (Å²) in [5.41, 5.74) is 1.14. The third kappa shape index (κ3) is 5.53. The lowest BCUT2D eigenvalue weighted by Crippen LogP contribution is -1.85. The topological polar surface area (TPSA) is 40.5 Å². The van der Waals surface area contributed by atoms with Crippen molar-refractivity contribution in [1.29, 1.82) is 0 Å². The van der Waals surface area contributed by atoms with Gasteiger partial charge < -0.3 is 10.2 Å². The van der Waals surface area contributed by atoms with E-state index in [1.165, 1.54) is 0 Å². The quantitative estimate of drug-likeness (QED) is 0.550. The number of hydrogen-bond acceptors (Lipinski definition) is 2. The van der Waals surface area contributed by atoms with E-state index in [1.807, 2.05) is 13.0 Å². The van der Waals surface area contributed by atoms with Crippen molar-refractivity contribution in [3.63, 3.8) is 0 Å². The van der Waals surface area contributed by atoms with Crippen LogP contribution in [-0.2, 0) is 0 Å². The molecule has 2 heteroatoms. The Balaban J connectivity index is 3.30. The van der Waals surface area contributed by atoms with Crippen molar-refractivity contribution in [1.82, 2.24) is 0 Å². The third-order valence-electron chi connectivity index (χ3n) is 1.13. The summed E-state index contributed by atoms with van der Waals surface area (Å²) in [5.74, 6) is 0. The van der Waals surface area contributed by atoms with Gasteiger partial charge in [0.1, 0.15) is 0 Å². The first-order valence-electron chi connectivity index (χ1n) is 3.18. The minimum atomic E-state index is 0.197. The molecule has 0 atom stereocenters. The van der Waals surface area contributed by atoms with Gasteiger partial charge in [0.2, 0.25) is 0 Å². The molecule has 0 aliphatic heterocycles. The molecule has 54 valence electrons. The van der Waals surface area contributed by atoms with Gasteiger partial charge in [0.25, 0.3) is 0 Å². The lowest BCUT2D eigenvalue weighted by molar-refractivity contribution is 0.295. The first kappa shape index (κ1) is 8.66. The van der Waals surface area contributed by atoms with E-state index in [0.717, 1.165) is 12.0 Å². The van der Waals surface area contributed by atoms with E-state index >= 15 is 0 Å². The minimum Gasteiger partial charge on any atom is -0.396 e. The van der Waals surface area contributed by atoms with Crippen LogP contribution >= 0.6 is 0 Å². The summed E-state index contributed by atoms with van der Waals surface area (Å²) in [5, 5.41) is 16.8. The average Bonchev–Trinajstić information content (AvgIpc) is 1.85. The highest BCUT2D eigenvalue weighted by atomic mass is 16.3. The Bertz CT molecular complexity index is 86.9. The summed E-state index contributed by atoms with van der Waals surface area (Å²) in [4.78, 5) is 0. The Labute approximate surface area is 55.8 Å². The minimum absolute atomic E-state index is 0.197. The molecule has 0 bridgehead atoms. The van der Waals surface area contributed by atoms with Crippen LogP contribution in [0.5, 0.6) is 0 Å². The van der Waals surface area contributed by atoms with Gasteiger partial charge in [-0.2, -0.15) is 0 Å². The maximum Gasteiger partial charge on any atom is 0.0468 e. The zero-order valence-electron chi connectivity index (χ0n) is 5.80. The average molecular weight is 130 g/mol. The number of rotatable bonds is 4. The van der Waals surface area contributed by atoms with E-state index in [9.17, 15) is 0 Å². The second-order valence-electron chi connectivity index (χ2n) is 2.04. The molecule has 0 aromatic carbocycles. The molecule has 0 aromatic rings. The van der Waals surface area contributed by atoms with Crippen LogP contribution in [-0.4, -0.2) is 23.4 Å². The van der Waals surface area contributed by atoms with Crippen LogP contribution in [0.2, 0.25) is 0 Å². The molecule has 2 nitrogen and oxygen atoms in total. The largest absolute Gasteiger partial charge is 0.396 e. The first-order chi connectivity index (χ1) is 4.31. The van der Waals surface area contributed by atoms with Gasteiger partial charge in [-0.3, -0.25) is 0 Å².